The molecular formula is C19H20N4O. The molecule has 5 nitrogen and oxygen atoms in total. The number of fused-ring (bicyclic) bond motifs is 2. The summed E-state index contributed by atoms with van der Waals surface area (Å²) in [6.07, 6.45) is 1.70. The largest absolute Gasteiger partial charge is 0.350 e. The molecule has 2 aromatic carbocycles. The van der Waals surface area contributed by atoms with Crippen LogP contribution < -0.4 is 10.6 Å². The Morgan fingerprint density at radius 2 is 2.04 bits per heavy atom. The van der Waals surface area contributed by atoms with Gasteiger partial charge in [-0.2, -0.15) is 5.10 Å². The third-order valence-corrected chi connectivity index (χ3v) is 4.53. The molecule has 1 aromatic heterocycles. The van der Waals surface area contributed by atoms with Gasteiger partial charge < -0.3 is 10.6 Å². The van der Waals surface area contributed by atoms with Gasteiger partial charge in [0.05, 0.1) is 0 Å². The van der Waals surface area contributed by atoms with E-state index >= 15 is 0 Å². The molecule has 0 saturated heterocycles. The molecule has 1 aliphatic heterocycles. The maximum Gasteiger partial charge on any atom is 0.272 e. The van der Waals surface area contributed by atoms with Crippen LogP contribution in [0.2, 0.25) is 0 Å². The number of rotatable bonds is 4. The highest BCUT2D eigenvalue weighted by molar-refractivity contribution is 5.94. The SMILES string of the molecule is O=C(NCCc1ccc2ccccc2c1)c1n[nH]c2c1CNCC2. The first kappa shape index (κ1) is 14.9. The molecule has 0 atom stereocenters. The zero-order valence-corrected chi connectivity index (χ0v) is 13.4. The van der Waals surface area contributed by atoms with Crippen molar-refractivity contribution in [3.05, 3.63) is 65.0 Å². The van der Waals surface area contributed by atoms with Crippen molar-refractivity contribution in [3.63, 3.8) is 0 Å². The summed E-state index contributed by atoms with van der Waals surface area (Å²) >= 11 is 0. The average molecular weight is 320 g/mol. The lowest BCUT2D eigenvalue weighted by molar-refractivity contribution is 0.0948. The number of nitrogens with zero attached hydrogens (tertiary/aromatic N) is 1. The summed E-state index contributed by atoms with van der Waals surface area (Å²) in [7, 11) is 0. The molecular weight excluding hydrogens is 300 g/mol. The Hall–Kier alpha value is -2.66. The molecule has 5 heteroatoms. The summed E-state index contributed by atoms with van der Waals surface area (Å²) in [5.74, 6) is -0.100. The first-order valence-electron chi connectivity index (χ1n) is 8.34. The van der Waals surface area contributed by atoms with E-state index in [1.165, 1.54) is 16.3 Å². The van der Waals surface area contributed by atoms with Gasteiger partial charge in [-0.1, -0.05) is 42.5 Å². The summed E-state index contributed by atoms with van der Waals surface area (Å²) < 4.78 is 0. The van der Waals surface area contributed by atoms with Gasteiger partial charge >= 0.3 is 0 Å². The van der Waals surface area contributed by atoms with Crippen LogP contribution in [0.5, 0.6) is 0 Å². The quantitative estimate of drug-likeness (QED) is 0.690. The van der Waals surface area contributed by atoms with E-state index in [2.05, 4.69) is 51.2 Å². The fourth-order valence-electron chi connectivity index (χ4n) is 3.21. The molecule has 122 valence electrons. The number of aromatic amines is 1. The van der Waals surface area contributed by atoms with Crippen LogP contribution >= 0.6 is 0 Å². The van der Waals surface area contributed by atoms with Crippen LogP contribution in [0.1, 0.15) is 27.3 Å². The molecule has 4 rings (SSSR count). The molecule has 1 amide bonds. The van der Waals surface area contributed by atoms with Gasteiger partial charge in [-0.25, -0.2) is 0 Å². The number of carbonyl (C=O) groups excluding carboxylic acids is 1. The Balaban J connectivity index is 1.39. The van der Waals surface area contributed by atoms with Crippen LogP contribution in [0, 0.1) is 0 Å². The minimum absolute atomic E-state index is 0.100. The van der Waals surface area contributed by atoms with Crippen LogP contribution in [0.25, 0.3) is 10.8 Å². The van der Waals surface area contributed by atoms with Gasteiger partial charge in [-0.05, 0) is 22.8 Å². The van der Waals surface area contributed by atoms with Crippen LogP contribution in [0.4, 0.5) is 0 Å². The van der Waals surface area contributed by atoms with E-state index in [4.69, 9.17) is 0 Å². The lowest BCUT2D eigenvalue weighted by Gasteiger charge is -2.12. The molecule has 3 aromatic rings. The highest BCUT2D eigenvalue weighted by Gasteiger charge is 2.21. The molecule has 0 bridgehead atoms. The minimum Gasteiger partial charge on any atom is -0.350 e. The molecule has 0 aliphatic carbocycles. The zero-order valence-electron chi connectivity index (χ0n) is 13.4. The number of carbonyl (C=O) groups is 1. The molecule has 3 N–H and O–H groups in total. The number of hydrogen-bond donors (Lipinski definition) is 3. The van der Waals surface area contributed by atoms with Gasteiger partial charge in [0, 0.05) is 37.3 Å². The molecule has 0 saturated carbocycles. The lowest BCUT2D eigenvalue weighted by atomic mass is 10.0. The molecule has 0 unspecified atom stereocenters. The number of benzene rings is 2. The summed E-state index contributed by atoms with van der Waals surface area (Å²) in [5, 5.41) is 15.9. The van der Waals surface area contributed by atoms with Crippen molar-refractivity contribution in [1.29, 1.82) is 0 Å². The van der Waals surface area contributed by atoms with E-state index < -0.39 is 0 Å². The number of H-pyrrole nitrogens is 1. The third kappa shape index (κ3) is 2.90. The van der Waals surface area contributed by atoms with E-state index in [1.54, 1.807) is 0 Å². The zero-order chi connectivity index (χ0) is 16.4. The third-order valence-electron chi connectivity index (χ3n) is 4.53. The summed E-state index contributed by atoms with van der Waals surface area (Å²) in [4.78, 5) is 12.4. The first-order chi connectivity index (χ1) is 11.8. The van der Waals surface area contributed by atoms with Gasteiger partial charge in [0.15, 0.2) is 5.69 Å². The fourth-order valence-corrected chi connectivity index (χ4v) is 3.21. The number of amides is 1. The molecule has 0 spiro atoms. The topological polar surface area (TPSA) is 69.8 Å². The summed E-state index contributed by atoms with van der Waals surface area (Å²) in [6, 6.07) is 14.7. The van der Waals surface area contributed by atoms with Gasteiger partial charge in [0.25, 0.3) is 5.91 Å². The molecule has 1 aliphatic rings. The number of aromatic nitrogens is 2. The Labute approximate surface area is 140 Å². The van der Waals surface area contributed by atoms with E-state index in [0.29, 0.717) is 18.8 Å². The smallest absolute Gasteiger partial charge is 0.272 e. The van der Waals surface area contributed by atoms with Crippen LogP contribution in [0.15, 0.2) is 42.5 Å². The molecule has 0 fully saturated rings. The monoisotopic (exact) mass is 320 g/mol. The van der Waals surface area contributed by atoms with Gasteiger partial charge in [-0.3, -0.25) is 9.89 Å². The van der Waals surface area contributed by atoms with Crippen molar-refractivity contribution < 1.29 is 4.79 Å². The lowest BCUT2D eigenvalue weighted by Crippen LogP contribution is -2.29. The second kappa shape index (κ2) is 6.45. The predicted molar refractivity (Wildman–Crippen MR) is 94.0 cm³/mol. The Morgan fingerprint density at radius 3 is 2.96 bits per heavy atom. The van der Waals surface area contributed by atoms with E-state index in [9.17, 15) is 4.79 Å². The van der Waals surface area contributed by atoms with Crippen LogP contribution in [-0.4, -0.2) is 29.2 Å². The van der Waals surface area contributed by atoms with E-state index in [0.717, 1.165) is 30.6 Å². The van der Waals surface area contributed by atoms with Crippen molar-refractivity contribution in [3.8, 4) is 0 Å². The van der Waals surface area contributed by atoms with Crippen LogP contribution in [-0.2, 0) is 19.4 Å². The average Bonchev–Trinajstić information content (AvgIpc) is 3.06. The summed E-state index contributed by atoms with van der Waals surface area (Å²) in [5.41, 5.74) is 3.83. The van der Waals surface area contributed by atoms with Crippen molar-refractivity contribution >= 4 is 16.7 Å². The number of hydrogen-bond acceptors (Lipinski definition) is 3. The Kier molecular flexibility index (Phi) is 4.01. The van der Waals surface area contributed by atoms with Crippen LogP contribution in [0.3, 0.4) is 0 Å². The highest BCUT2D eigenvalue weighted by atomic mass is 16.1. The Morgan fingerprint density at radius 1 is 1.17 bits per heavy atom. The second-order valence-electron chi connectivity index (χ2n) is 6.14. The fraction of sp³-hybridized carbons (Fsp3) is 0.263. The Bertz CT molecular complexity index is 884. The van der Waals surface area contributed by atoms with Crippen molar-refractivity contribution in [2.75, 3.05) is 13.1 Å². The standard InChI is InChI=1S/C19H20N4O/c24-19(18-16-12-20-9-8-17(16)22-23-18)21-10-7-13-5-6-14-3-1-2-4-15(14)11-13/h1-6,11,20H,7-10,12H2,(H,21,24)(H,22,23). The molecule has 0 radical (unpaired) electrons. The van der Waals surface area contributed by atoms with Gasteiger partial charge in [0.1, 0.15) is 0 Å². The maximum atomic E-state index is 12.4. The van der Waals surface area contributed by atoms with Crippen molar-refractivity contribution in [1.82, 2.24) is 20.8 Å². The summed E-state index contributed by atoms with van der Waals surface area (Å²) in [6.45, 7) is 2.24. The minimum atomic E-state index is -0.100. The molecule has 24 heavy (non-hydrogen) atoms. The second-order valence-corrected chi connectivity index (χ2v) is 6.14. The van der Waals surface area contributed by atoms with Gasteiger partial charge in [-0.15, -0.1) is 0 Å². The normalized spacial score (nSPS) is 13.7. The molecule has 2 heterocycles. The van der Waals surface area contributed by atoms with Crippen molar-refractivity contribution in [2.24, 2.45) is 0 Å². The van der Waals surface area contributed by atoms with E-state index in [1.807, 2.05) is 12.1 Å². The predicted octanol–water partition coefficient (Wildman–Crippen LogP) is 2.18. The van der Waals surface area contributed by atoms with Crippen molar-refractivity contribution in [2.45, 2.75) is 19.4 Å². The highest BCUT2D eigenvalue weighted by Crippen LogP contribution is 2.17. The first-order valence-corrected chi connectivity index (χ1v) is 8.34. The van der Waals surface area contributed by atoms with Gasteiger partial charge in [0.2, 0.25) is 0 Å². The maximum absolute atomic E-state index is 12.4. The van der Waals surface area contributed by atoms with E-state index in [-0.39, 0.29) is 5.91 Å². The number of nitrogens with one attached hydrogen (secondary N) is 3.